The zero-order valence-corrected chi connectivity index (χ0v) is 11.3. The van der Waals surface area contributed by atoms with Crippen LogP contribution in [0.15, 0.2) is 12.7 Å². The van der Waals surface area contributed by atoms with E-state index in [9.17, 15) is 0 Å². The summed E-state index contributed by atoms with van der Waals surface area (Å²) in [7, 11) is 0. The van der Waals surface area contributed by atoms with Crippen LogP contribution in [0.25, 0.3) is 0 Å². The molecule has 0 aromatic carbocycles. The Morgan fingerprint density at radius 2 is 2.00 bits per heavy atom. The Kier molecular flexibility index (Phi) is 4.57. The Labute approximate surface area is 100 Å². The zero-order chi connectivity index (χ0) is 12.3. The average Bonchev–Trinajstić information content (AvgIpc) is 2.22. The smallest absolute Gasteiger partial charge is 0.163 e. The predicted molar refractivity (Wildman–Crippen MR) is 67.3 cm³/mol. The van der Waals surface area contributed by atoms with Crippen molar-refractivity contribution in [1.82, 2.24) is 0 Å². The number of rotatable bonds is 4. The monoisotopic (exact) mass is 226 g/mol. The van der Waals surface area contributed by atoms with Crippen LogP contribution in [0.4, 0.5) is 0 Å². The Bertz CT molecular complexity index is 235. The quantitative estimate of drug-likeness (QED) is 0.679. The van der Waals surface area contributed by atoms with E-state index in [1.165, 1.54) is 0 Å². The lowest BCUT2D eigenvalue weighted by atomic mass is 9.85. The van der Waals surface area contributed by atoms with Gasteiger partial charge >= 0.3 is 0 Å². The Morgan fingerprint density at radius 1 is 1.38 bits per heavy atom. The molecule has 0 aromatic rings. The van der Waals surface area contributed by atoms with Crippen LogP contribution in [0, 0.1) is 11.8 Å². The molecule has 94 valence electrons. The summed E-state index contributed by atoms with van der Waals surface area (Å²) >= 11 is 0. The molecule has 16 heavy (non-hydrogen) atoms. The molecule has 2 nitrogen and oxygen atoms in total. The summed E-state index contributed by atoms with van der Waals surface area (Å²) in [5.74, 6) is 0.542. The molecule has 0 aromatic heterocycles. The van der Waals surface area contributed by atoms with Gasteiger partial charge < -0.3 is 9.47 Å². The summed E-state index contributed by atoms with van der Waals surface area (Å²) in [6.07, 6.45) is 4.52. The van der Waals surface area contributed by atoms with Gasteiger partial charge in [-0.2, -0.15) is 0 Å². The van der Waals surface area contributed by atoms with Crippen LogP contribution in [0.1, 0.15) is 47.5 Å². The molecule has 0 radical (unpaired) electrons. The van der Waals surface area contributed by atoms with Crippen LogP contribution in [0.5, 0.6) is 0 Å². The molecule has 0 spiro atoms. The molecule has 0 amide bonds. The van der Waals surface area contributed by atoms with Crippen molar-refractivity contribution >= 4 is 0 Å². The Balaban J connectivity index is 2.79. The molecular weight excluding hydrogens is 200 g/mol. The summed E-state index contributed by atoms with van der Waals surface area (Å²) in [4.78, 5) is 0. The van der Waals surface area contributed by atoms with E-state index in [0.29, 0.717) is 17.9 Å². The molecule has 1 rings (SSSR count). The fourth-order valence-electron chi connectivity index (χ4n) is 2.44. The summed E-state index contributed by atoms with van der Waals surface area (Å²) in [6.45, 7) is 14.5. The molecule has 0 unspecified atom stereocenters. The molecule has 1 heterocycles. The van der Waals surface area contributed by atoms with Gasteiger partial charge in [0.2, 0.25) is 0 Å². The van der Waals surface area contributed by atoms with Gasteiger partial charge in [-0.3, -0.25) is 0 Å². The van der Waals surface area contributed by atoms with Crippen LogP contribution in [-0.2, 0) is 9.47 Å². The maximum absolute atomic E-state index is 6.06. The molecule has 1 saturated heterocycles. The maximum atomic E-state index is 6.06. The topological polar surface area (TPSA) is 18.5 Å². The lowest BCUT2D eigenvalue weighted by Crippen LogP contribution is -2.51. The second kappa shape index (κ2) is 5.33. The van der Waals surface area contributed by atoms with Gasteiger partial charge in [-0.1, -0.05) is 33.3 Å². The first-order valence-corrected chi connectivity index (χ1v) is 6.37. The molecule has 1 aliphatic heterocycles. The van der Waals surface area contributed by atoms with Crippen molar-refractivity contribution in [2.75, 3.05) is 0 Å². The summed E-state index contributed by atoms with van der Waals surface area (Å²) in [5, 5.41) is 0. The van der Waals surface area contributed by atoms with Crippen LogP contribution in [-0.4, -0.2) is 18.0 Å². The van der Waals surface area contributed by atoms with Crippen LogP contribution in [0.3, 0.4) is 0 Å². The Hall–Kier alpha value is -0.340. The van der Waals surface area contributed by atoms with E-state index in [1.54, 1.807) is 0 Å². The summed E-state index contributed by atoms with van der Waals surface area (Å²) < 4.78 is 12.0. The van der Waals surface area contributed by atoms with Crippen molar-refractivity contribution in [3.8, 4) is 0 Å². The molecular formula is C14H26O2. The van der Waals surface area contributed by atoms with Gasteiger partial charge in [0, 0.05) is 5.92 Å². The number of hydrogen-bond acceptors (Lipinski definition) is 2. The highest BCUT2D eigenvalue weighted by molar-refractivity contribution is 4.88. The second-order valence-corrected chi connectivity index (χ2v) is 5.41. The standard InChI is InChI=1S/C14H26O2/c1-7-9-12-11(4)13(10(3)8-2)16-14(5,6)15-12/h7,10-13H,1,8-9H2,2-6H3/t10-,11-,12+,13-/m0/s1. The molecule has 4 atom stereocenters. The number of ether oxygens (including phenoxy) is 2. The molecule has 1 fully saturated rings. The molecule has 0 saturated carbocycles. The van der Waals surface area contributed by atoms with Gasteiger partial charge in [0.25, 0.3) is 0 Å². The third-order valence-electron chi connectivity index (χ3n) is 3.56. The van der Waals surface area contributed by atoms with Gasteiger partial charge in [0.15, 0.2) is 5.79 Å². The lowest BCUT2D eigenvalue weighted by molar-refractivity contribution is -0.326. The molecule has 0 N–H and O–H groups in total. The highest BCUT2D eigenvalue weighted by Gasteiger charge is 2.41. The van der Waals surface area contributed by atoms with Crippen LogP contribution >= 0.6 is 0 Å². The van der Waals surface area contributed by atoms with Crippen molar-refractivity contribution in [2.24, 2.45) is 11.8 Å². The van der Waals surface area contributed by atoms with Crippen molar-refractivity contribution in [2.45, 2.75) is 65.5 Å². The molecule has 0 bridgehead atoms. The predicted octanol–water partition coefficient (Wildman–Crippen LogP) is 3.76. The zero-order valence-electron chi connectivity index (χ0n) is 11.3. The van der Waals surface area contributed by atoms with Gasteiger partial charge in [-0.25, -0.2) is 0 Å². The molecule has 1 aliphatic rings. The SMILES string of the molecule is C=CC[C@H]1OC(C)(C)O[C@@H]([C@@H](C)CC)[C@H]1C. The first-order chi connectivity index (χ1) is 7.41. The molecule has 0 aliphatic carbocycles. The first-order valence-electron chi connectivity index (χ1n) is 6.37. The van der Waals surface area contributed by atoms with E-state index >= 15 is 0 Å². The normalized spacial score (nSPS) is 35.7. The largest absolute Gasteiger partial charge is 0.347 e. The average molecular weight is 226 g/mol. The van der Waals surface area contributed by atoms with Gasteiger partial charge in [0.1, 0.15) is 0 Å². The third-order valence-corrected chi connectivity index (χ3v) is 3.56. The molecule has 2 heteroatoms. The minimum Gasteiger partial charge on any atom is -0.347 e. The maximum Gasteiger partial charge on any atom is 0.163 e. The van der Waals surface area contributed by atoms with Gasteiger partial charge in [-0.15, -0.1) is 6.58 Å². The van der Waals surface area contributed by atoms with Crippen molar-refractivity contribution in [3.05, 3.63) is 12.7 Å². The Morgan fingerprint density at radius 3 is 2.50 bits per heavy atom. The minimum absolute atomic E-state index is 0.236. The minimum atomic E-state index is -0.464. The van der Waals surface area contributed by atoms with E-state index in [-0.39, 0.29) is 6.10 Å². The van der Waals surface area contributed by atoms with Gasteiger partial charge in [-0.05, 0) is 26.2 Å². The van der Waals surface area contributed by atoms with Crippen molar-refractivity contribution in [3.63, 3.8) is 0 Å². The number of hydrogen-bond donors (Lipinski definition) is 0. The fourth-order valence-corrected chi connectivity index (χ4v) is 2.44. The van der Waals surface area contributed by atoms with Crippen LogP contribution < -0.4 is 0 Å². The van der Waals surface area contributed by atoms with Gasteiger partial charge in [0.05, 0.1) is 12.2 Å². The van der Waals surface area contributed by atoms with E-state index in [0.717, 1.165) is 12.8 Å². The van der Waals surface area contributed by atoms with Crippen LogP contribution in [0.2, 0.25) is 0 Å². The highest BCUT2D eigenvalue weighted by atomic mass is 16.7. The fraction of sp³-hybridized carbons (Fsp3) is 0.857. The van der Waals surface area contributed by atoms with E-state index in [2.05, 4.69) is 27.4 Å². The summed E-state index contributed by atoms with van der Waals surface area (Å²) in [5.41, 5.74) is 0. The van der Waals surface area contributed by atoms with E-state index in [1.807, 2.05) is 19.9 Å². The van der Waals surface area contributed by atoms with Crippen molar-refractivity contribution < 1.29 is 9.47 Å². The lowest BCUT2D eigenvalue weighted by Gasteiger charge is -2.46. The second-order valence-electron chi connectivity index (χ2n) is 5.41. The first kappa shape index (κ1) is 13.7. The van der Waals surface area contributed by atoms with E-state index < -0.39 is 5.79 Å². The summed E-state index contributed by atoms with van der Waals surface area (Å²) in [6, 6.07) is 0. The third kappa shape index (κ3) is 3.08. The highest BCUT2D eigenvalue weighted by Crippen LogP contribution is 2.36. The van der Waals surface area contributed by atoms with Crippen molar-refractivity contribution in [1.29, 1.82) is 0 Å². The van der Waals surface area contributed by atoms with E-state index in [4.69, 9.17) is 9.47 Å².